The summed E-state index contributed by atoms with van der Waals surface area (Å²) in [6.07, 6.45) is 2.72. The number of carbonyl (C=O) groups excluding carboxylic acids is 14. The van der Waals surface area contributed by atoms with Gasteiger partial charge in [-0.05, 0) is 88.3 Å². The van der Waals surface area contributed by atoms with Crippen LogP contribution in [0.15, 0.2) is 25.3 Å². The monoisotopic (exact) mass is 1400 g/mol. The zero-order valence-electron chi connectivity index (χ0n) is 58.8. The molecule has 0 bridgehead atoms. The molecule has 0 fully saturated rings. The molecule has 95 heavy (non-hydrogen) atoms. The van der Waals surface area contributed by atoms with Gasteiger partial charge in [-0.25, -0.2) is 24.0 Å². The number of ether oxygens (including phenoxy) is 8. The molecule has 0 rings (SSSR count). The van der Waals surface area contributed by atoms with Crippen molar-refractivity contribution in [2.24, 2.45) is 0 Å². The van der Waals surface area contributed by atoms with Gasteiger partial charge >= 0.3 is 48.4 Å². The van der Waals surface area contributed by atoms with Crippen molar-refractivity contribution >= 4 is 107 Å². The van der Waals surface area contributed by atoms with E-state index in [-0.39, 0.29) is 57.3 Å². The lowest BCUT2D eigenvalue weighted by atomic mass is 10.1. The topological polar surface area (TPSA) is 413 Å². The van der Waals surface area contributed by atoms with Crippen molar-refractivity contribution in [3.63, 3.8) is 0 Å². The fourth-order valence-corrected chi connectivity index (χ4v) is 8.55. The molecule has 0 saturated carbocycles. The lowest BCUT2D eigenvalue weighted by molar-refractivity contribution is -0.146. The van der Waals surface area contributed by atoms with Crippen molar-refractivity contribution in [3.05, 3.63) is 25.3 Å². The Morgan fingerprint density at radius 1 is 0.463 bits per heavy atom. The van der Waals surface area contributed by atoms with E-state index in [4.69, 9.17) is 23.7 Å². The molecule has 0 aliphatic rings. The Morgan fingerprint density at radius 3 is 1.03 bits per heavy atom. The van der Waals surface area contributed by atoms with Crippen LogP contribution >= 0.6 is 23.5 Å². The minimum absolute atomic E-state index is 0.0125. The molecular formula is C59H104N12O22S2. The predicted octanol–water partition coefficient (Wildman–Crippen LogP) is 0.852. The average molecular weight is 1400 g/mol. The van der Waals surface area contributed by atoms with Crippen LogP contribution in [0.5, 0.6) is 0 Å². The number of likely N-dealkylation sites (N-methyl/N-ethyl adjacent to an activating group) is 6. The van der Waals surface area contributed by atoms with Gasteiger partial charge in [0, 0.05) is 66.4 Å². The Balaban J connectivity index is -0.00000141. The highest BCUT2D eigenvalue weighted by molar-refractivity contribution is 7.98. The number of methoxy groups -OCH3 is 3. The van der Waals surface area contributed by atoms with E-state index in [2.05, 4.69) is 64.6 Å². The normalized spacial score (nSPS) is 12.6. The quantitative estimate of drug-likeness (QED) is 0.0272. The van der Waals surface area contributed by atoms with Gasteiger partial charge < -0.3 is 89.8 Å². The fourth-order valence-electron chi connectivity index (χ4n) is 7.19. The molecule has 0 spiro atoms. The van der Waals surface area contributed by atoms with Gasteiger partial charge in [-0.2, -0.15) is 23.5 Å². The van der Waals surface area contributed by atoms with Crippen molar-refractivity contribution in [1.29, 1.82) is 0 Å². The third kappa shape index (κ3) is 39.9. The van der Waals surface area contributed by atoms with E-state index in [1.807, 2.05) is 0 Å². The van der Waals surface area contributed by atoms with Gasteiger partial charge in [-0.1, -0.05) is 32.2 Å². The summed E-state index contributed by atoms with van der Waals surface area (Å²) in [6, 6.07) is -6.15. The summed E-state index contributed by atoms with van der Waals surface area (Å²) in [7, 11) is 12.3. The molecule has 0 unspecified atom stereocenters. The largest absolute Gasteiger partial charge is 0.468 e. The Morgan fingerprint density at radius 2 is 0.758 bits per heavy atom. The molecule has 0 aliphatic carbocycles. The van der Waals surface area contributed by atoms with Crippen LogP contribution in [0, 0.1) is 0 Å². The summed E-state index contributed by atoms with van der Waals surface area (Å²) in [5.41, 5.74) is -2.33. The summed E-state index contributed by atoms with van der Waals surface area (Å²) >= 11 is 2.67. The molecule has 7 N–H and O–H groups in total. The summed E-state index contributed by atoms with van der Waals surface area (Å²) in [4.78, 5) is 178. The van der Waals surface area contributed by atoms with Gasteiger partial charge in [-0.15, -0.1) is 0 Å². The van der Waals surface area contributed by atoms with Crippen LogP contribution in [0.1, 0.15) is 75.7 Å². The first-order chi connectivity index (χ1) is 44.0. The molecule has 6 atom stereocenters. The smallest absolute Gasteiger partial charge is 0.410 e. The van der Waals surface area contributed by atoms with E-state index >= 15 is 0 Å². The van der Waals surface area contributed by atoms with Gasteiger partial charge in [0.25, 0.3) is 0 Å². The Kier molecular flexibility index (Phi) is 44.7. The lowest BCUT2D eigenvalue weighted by Gasteiger charge is -2.35. The second-order valence-corrected chi connectivity index (χ2v) is 25.1. The SMILES string of the molecule is C=CCOC(=O)N(C)[C@@H](CC)C(=O)N(C)[C@@H](CSC)C(=O)N(C)C[C@@H](NC(=O)OC(C)(C)C)C(=O)NCC(=O)OC.C=CCOC(=O)N(C)[C@@H](CSC)C(=O)N(C)C[C@@H](NC(=O)OC(C)(C)C)C(=O)NCC(=O)OC.CNC[C@@H](NC(=O)OC(C)(C)C)C(=O)NCC(=O)OC. The first-order valence-electron chi connectivity index (χ1n) is 29.4. The van der Waals surface area contributed by atoms with Gasteiger partial charge in [0.15, 0.2) is 0 Å². The highest BCUT2D eigenvalue weighted by Crippen LogP contribution is 2.17. The average Bonchev–Trinajstić information content (AvgIpc) is 0.851. The molecule has 544 valence electrons. The van der Waals surface area contributed by atoms with Crippen LogP contribution in [0.4, 0.5) is 24.0 Å². The summed E-state index contributed by atoms with van der Waals surface area (Å²) in [6.45, 7) is 22.2. The summed E-state index contributed by atoms with van der Waals surface area (Å²) < 4.78 is 39.0. The molecule has 0 radical (unpaired) electrons. The van der Waals surface area contributed by atoms with Crippen LogP contribution in [0.3, 0.4) is 0 Å². The summed E-state index contributed by atoms with van der Waals surface area (Å²) in [5.74, 6) is -4.94. The highest BCUT2D eigenvalue weighted by atomic mass is 32.2. The fraction of sp³-hybridized carbons (Fsp3) is 0.695. The zero-order chi connectivity index (χ0) is 74.1. The first kappa shape index (κ1) is 90.9. The zero-order valence-corrected chi connectivity index (χ0v) is 60.5. The third-order valence-corrected chi connectivity index (χ3v) is 13.2. The number of hydrogen-bond acceptors (Lipinski definition) is 25. The number of nitrogens with one attached hydrogen (secondary N) is 7. The Bertz CT molecular complexity index is 2550. The van der Waals surface area contributed by atoms with E-state index in [1.165, 1.54) is 105 Å². The van der Waals surface area contributed by atoms with Crippen molar-refractivity contribution in [2.45, 2.75) is 129 Å². The maximum atomic E-state index is 13.6. The second-order valence-electron chi connectivity index (χ2n) is 23.2. The van der Waals surface area contributed by atoms with Crippen LogP contribution in [0.2, 0.25) is 0 Å². The van der Waals surface area contributed by atoms with Gasteiger partial charge in [-0.3, -0.25) is 53.0 Å². The van der Waals surface area contributed by atoms with Crippen LogP contribution in [-0.2, 0) is 81.0 Å². The van der Waals surface area contributed by atoms with E-state index < -0.39 is 150 Å². The molecule has 0 aromatic heterocycles. The number of nitrogens with zero attached hydrogens (tertiary/aromatic N) is 5. The van der Waals surface area contributed by atoms with E-state index in [9.17, 15) is 67.1 Å². The van der Waals surface area contributed by atoms with Crippen LogP contribution in [-0.4, -0.2) is 301 Å². The molecule has 11 amide bonds. The predicted molar refractivity (Wildman–Crippen MR) is 354 cm³/mol. The minimum Gasteiger partial charge on any atom is -0.468 e. The van der Waals surface area contributed by atoms with E-state index in [1.54, 1.807) is 88.8 Å². The first-order valence-corrected chi connectivity index (χ1v) is 32.2. The van der Waals surface area contributed by atoms with Crippen LogP contribution in [0.25, 0.3) is 0 Å². The Labute approximate surface area is 566 Å². The van der Waals surface area contributed by atoms with Crippen molar-refractivity contribution in [2.75, 3.05) is 140 Å². The van der Waals surface area contributed by atoms with Crippen molar-refractivity contribution < 1.29 is 105 Å². The second kappa shape index (κ2) is 46.7. The van der Waals surface area contributed by atoms with Gasteiger partial charge in [0.2, 0.25) is 35.4 Å². The number of hydrogen-bond donors (Lipinski definition) is 7. The third-order valence-electron chi connectivity index (χ3n) is 11.9. The van der Waals surface area contributed by atoms with Gasteiger partial charge in [0.1, 0.15) is 85.9 Å². The lowest BCUT2D eigenvalue weighted by Crippen LogP contribution is -2.58. The maximum Gasteiger partial charge on any atom is 0.410 e. The number of esters is 3. The molecule has 0 aromatic carbocycles. The molecular weight excluding hydrogens is 1290 g/mol. The van der Waals surface area contributed by atoms with E-state index in [0.29, 0.717) is 0 Å². The highest BCUT2D eigenvalue weighted by Gasteiger charge is 2.38. The molecule has 0 aromatic rings. The minimum atomic E-state index is -1.30. The maximum absolute atomic E-state index is 13.6. The molecule has 0 aliphatic heterocycles. The number of amides is 11. The van der Waals surface area contributed by atoms with E-state index in [0.717, 1.165) is 12.0 Å². The van der Waals surface area contributed by atoms with Crippen molar-refractivity contribution in [1.82, 2.24) is 61.7 Å². The molecule has 36 heteroatoms. The number of thioether (sulfide) groups is 2. The number of rotatable bonds is 33. The standard InChI is InChI=1S/C26H45N5O9S.C21H36N4O8S.C12H23N3O5/c1-11-13-39-25(37)31(8)18(12-2)23(35)30(7)19(16-41-10)22(34)29(6)15-17(21(33)27-14-20(32)38-9)28-24(36)40-26(3,4)5;1-9-10-32-20(30)25(6)15(13-34-8)18(28)24(5)12-14(17(27)22-11-16(26)31-7)23-19(29)33-21(2,3)4;1-12(2,3)20-11(18)15-8(6-13-4)10(17)14-7-9(16)19-5/h11,17-19H,1,12-16H2,2-10H3,(H,27,33)(H,28,36);9,14-15H,1,10-13H2,2-8H3,(H,22,27)(H,23,29);8,13H,6-7H2,1-5H3,(H,14,17)(H,15,18)/t17-,18+,19+;14-,15+;8-/m111/s1. The van der Waals surface area contributed by atoms with Crippen molar-refractivity contribution in [3.8, 4) is 0 Å². The Hall–Kier alpha value is -8.28. The molecule has 0 heterocycles. The van der Waals surface area contributed by atoms with Gasteiger partial charge in [0.05, 0.1) is 21.3 Å². The summed E-state index contributed by atoms with van der Waals surface area (Å²) in [5, 5.41) is 17.1. The number of carbonyl (C=O) groups is 14. The molecule has 0 saturated heterocycles. The van der Waals surface area contributed by atoms with Crippen LogP contribution < -0.4 is 37.2 Å². The number of alkyl carbamates (subject to hydrolysis) is 3. The molecule has 34 nitrogen and oxygen atoms in total.